The number of hydrogen-bond acceptors (Lipinski definition) is 4. The second kappa shape index (κ2) is 29.4. The highest BCUT2D eigenvalue weighted by Gasteiger charge is 2.56. The van der Waals surface area contributed by atoms with Crippen molar-refractivity contribution in [1.29, 1.82) is 0 Å². The maximum Gasteiger partial charge on any atom is 0.169 e. The van der Waals surface area contributed by atoms with E-state index in [1.54, 1.807) is 0 Å². The SMILES string of the molecule is CCCCC/C=C\C/C=C\CCCCCCCCC1(CCCCCCCC/C=C\C/C=C\CCCCC)OC2C(C)OC(CN(C)C)C2O1. The summed E-state index contributed by atoms with van der Waals surface area (Å²) < 4.78 is 20.1. The van der Waals surface area contributed by atoms with E-state index in [2.05, 4.69) is 88.4 Å². The molecular weight excluding hydrogens is 602 g/mol. The number of allylic oxidation sites excluding steroid dienone is 8. The van der Waals surface area contributed by atoms with Crippen LogP contribution >= 0.6 is 0 Å². The molecule has 2 heterocycles. The lowest BCUT2D eigenvalue weighted by Gasteiger charge is -2.31. The van der Waals surface area contributed by atoms with Crippen LogP contribution in [0.1, 0.15) is 188 Å². The van der Waals surface area contributed by atoms with E-state index in [1.165, 1.54) is 141 Å². The predicted octanol–water partition coefficient (Wildman–Crippen LogP) is 13.2. The van der Waals surface area contributed by atoms with Crippen LogP contribution in [-0.2, 0) is 14.2 Å². The van der Waals surface area contributed by atoms with Crippen molar-refractivity contribution in [3.63, 3.8) is 0 Å². The van der Waals surface area contributed by atoms with Crippen LogP contribution in [0.5, 0.6) is 0 Å². The van der Waals surface area contributed by atoms with Crippen molar-refractivity contribution in [2.24, 2.45) is 0 Å². The Morgan fingerprint density at radius 2 is 0.878 bits per heavy atom. The Kier molecular flexibility index (Phi) is 26.4. The van der Waals surface area contributed by atoms with Gasteiger partial charge in [-0.25, -0.2) is 0 Å². The van der Waals surface area contributed by atoms with Crippen molar-refractivity contribution in [2.75, 3.05) is 20.6 Å². The summed E-state index contributed by atoms with van der Waals surface area (Å²) in [4.78, 5) is 2.22. The van der Waals surface area contributed by atoms with E-state index < -0.39 is 5.79 Å². The van der Waals surface area contributed by atoms with E-state index >= 15 is 0 Å². The van der Waals surface area contributed by atoms with Gasteiger partial charge in [-0.15, -0.1) is 0 Å². The Bertz CT molecular complexity index is 826. The van der Waals surface area contributed by atoms with Crippen molar-refractivity contribution in [1.82, 2.24) is 4.90 Å². The molecule has 0 spiro atoms. The zero-order valence-corrected chi connectivity index (χ0v) is 33.2. The second-order valence-electron chi connectivity index (χ2n) is 15.4. The molecule has 0 N–H and O–H groups in total. The summed E-state index contributed by atoms with van der Waals surface area (Å²) in [5.41, 5.74) is 0. The molecule has 4 heteroatoms. The summed E-state index contributed by atoms with van der Waals surface area (Å²) in [5, 5.41) is 0. The number of hydrogen-bond donors (Lipinski definition) is 0. The lowest BCUT2D eigenvalue weighted by Crippen LogP contribution is -2.38. The number of rotatable bonds is 32. The zero-order chi connectivity index (χ0) is 35.3. The van der Waals surface area contributed by atoms with Gasteiger partial charge in [-0.3, -0.25) is 0 Å². The third kappa shape index (κ3) is 21.0. The van der Waals surface area contributed by atoms with Gasteiger partial charge in [-0.1, -0.05) is 140 Å². The molecule has 0 aliphatic carbocycles. The van der Waals surface area contributed by atoms with E-state index in [9.17, 15) is 0 Å². The highest BCUT2D eigenvalue weighted by molar-refractivity contribution is 4.99. The van der Waals surface area contributed by atoms with Gasteiger partial charge in [0.2, 0.25) is 0 Å². The summed E-state index contributed by atoms with van der Waals surface area (Å²) in [5.74, 6) is -0.414. The monoisotopic (exact) mass is 684 g/mol. The van der Waals surface area contributed by atoms with Gasteiger partial charge in [0.25, 0.3) is 0 Å². The molecule has 0 aromatic heterocycles. The molecule has 0 aromatic carbocycles. The molecule has 0 aromatic rings. The highest BCUT2D eigenvalue weighted by atomic mass is 16.8. The topological polar surface area (TPSA) is 30.9 Å². The molecule has 284 valence electrons. The minimum absolute atomic E-state index is 0.0617. The number of likely N-dealkylation sites (N-methyl/N-ethyl adjacent to an activating group) is 1. The van der Waals surface area contributed by atoms with Crippen LogP contribution in [0.4, 0.5) is 0 Å². The maximum atomic E-state index is 6.91. The Morgan fingerprint density at radius 3 is 1.31 bits per heavy atom. The molecule has 0 amide bonds. The summed E-state index contributed by atoms with van der Waals surface area (Å²) in [6, 6.07) is 0. The first-order chi connectivity index (χ1) is 24.0. The Hall–Kier alpha value is -1.20. The summed E-state index contributed by atoms with van der Waals surface area (Å²) >= 11 is 0. The maximum absolute atomic E-state index is 6.91. The fourth-order valence-electron chi connectivity index (χ4n) is 7.37. The quantitative estimate of drug-likeness (QED) is 0.0522. The molecule has 2 fully saturated rings. The van der Waals surface area contributed by atoms with Crippen LogP contribution in [0, 0.1) is 0 Å². The van der Waals surface area contributed by atoms with Gasteiger partial charge in [-0.2, -0.15) is 0 Å². The lowest BCUT2D eigenvalue weighted by atomic mass is 9.98. The third-order valence-electron chi connectivity index (χ3n) is 10.3. The molecule has 2 rings (SSSR count). The van der Waals surface area contributed by atoms with Crippen molar-refractivity contribution >= 4 is 0 Å². The lowest BCUT2D eigenvalue weighted by molar-refractivity contribution is -0.217. The Morgan fingerprint density at radius 1 is 0.490 bits per heavy atom. The molecule has 4 nitrogen and oxygen atoms in total. The van der Waals surface area contributed by atoms with E-state index in [1.807, 2.05) is 0 Å². The van der Waals surface area contributed by atoms with Crippen LogP contribution in [-0.4, -0.2) is 55.7 Å². The molecule has 4 unspecified atom stereocenters. The van der Waals surface area contributed by atoms with Gasteiger partial charge in [0.05, 0.1) is 12.2 Å². The largest absolute Gasteiger partial charge is 0.368 e. The smallest absolute Gasteiger partial charge is 0.169 e. The molecule has 0 radical (unpaired) electrons. The van der Waals surface area contributed by atoms with E-state index in [0.717, 1.165) is 32.2 Å². The normalized spacial score (nSPS) is 22.3. The first-order valence-corrected chi connectivity index (χ1v) is 21.3. The summed E-state index contributed by atoms with van der Waals surface area (Å²) in [6.45, 7) is 7.60. The Labute approximate surface area is 305 Å². The van der Waals surface area contributed by atoms with E-state index in [4.69, 9.17) is 14.2 Å². The molecule has 2 saturated heterocycles. The van der Waals surface area contributed by atoms with Crippen molar-refractivity contribution in [2.45, 2.75) is 218 Å². The van der Waals surface area contributed by atoms with Crippen molar-refractivity contribution in [3.05, 3.63) is 48.6 Å². The van der Waals surface area contributed by atoms with Crippen molar-refractivity contribution < 1.29 is 14.2 Å². The second-order valence-corrected chi connectivity index (χ2v) is 15.4. The van der Waals surface area contributed by atoms with E-state index in [0.29, 0.717) is 0 Å². The Balaban J connectivity index is 1.63. The molecule has 2 aliphatic heterocycles. The van der Waals surface area contributed by atoms with Crippen LogP contribution in [0.15, 0.2) is 48.6 Å². The van der Waals surface area contributed by atoms with Gasteiger partial charge >= 0.3 is 0 Å². The van der Waals surface area contributed by atoms with Gasteiger partial charge in [-0.05, 0) is 98.1 Å². The van der Waals surface area contributed by atoms with E-state index in [-0.39, 0.29) is 24.4 Å². The van der Waals surface area contributed by atoms with Crippen molar-refractivity contribution in [3.8, 4) is 0 Å². The van der Waals surface area contributed by atoms with Crippen LogP contribution in [0.2, 0.25) is 0 Å². The summed E-state index contributed by atoms with van der Waals surface area (Å²) in [6.07, 6.45) is 51.9. The molecule has 0 saturated carbocycles. The molecular formula is C45H81NO3. The minimum atomic E-state index is -0.414. The number of fused-ring (bicyclic) bond motifs is 1. The van der Waals surface area contributed by atoms with Crippen LogP contribution < -0.4 is 0 Å². The number of ether oxygens (including phenoxy) is 3. The average Bonchev–Trinajstić information content (AvgIpc) is 3.59. The van der Waals surface area contributed by atoms with Gasteiger partial charge < -0.3 is 19.1 Å². The zero-order valence-electron chi connectivity index (χ0n) is 33.2. The highest BCUT2D eigenvalue weighted by Crippen LogP contribution is 2.44. The first-order valence-electron chi connectivity index (χ1n) is 21.3. The standard InChI is InChI=1S/C45H81NO3/c1-6-8-10-12-14-16-18-20-22-24-26-28-30-32-34-36-38-45(48-43-41(3)47-42(40-46(4)5)44(43)49-45)39-37-35-33-31-29-27-25-23-21-19-17-15-13-11-9-7-2/h14-17,20-23,41-44H,6-13,18-19,24-40H2,1-5H3/b16-14-,17-15-,22-20-,23-21-. The van der Waals surface area contributed by atoms with Crippen LogP contribution in [0.25, 0.3) is 0 Å². The predicted molar refractivity (Wildman–Crippen MR) is 213 cm³/mol. The van der Waals surface area contributed by atoms with Gasteiger partial charge in [0.1, 0.15) is 12.2 Å². The molecule has 2 aliphatic rings. The molecule has 4 atom stereocenters. The average molecular weight is 684 g/mol. The molecule has 0 bridgehead atoms. The number of unbranched alkanes of at least 4 members (excludes halogenated alkanes) is 18. The van der Waals surface area contributed by atoms with Gasteiger partial charge in [0, 0.05) is 19.4 Å². The fraction of sp³-hybridized carbons (Fsp3) is 0.822. The van der Waals surface area contributed by atoms with Gasteiger partial charge in [0.15, 0.2) is 5.79 Å². The number of nitrogens with zero attached hydrogens (tertiary/aromatic N) is 1. The first kappa shape index (κ1) is 44.0. The molecule has 49 heavy (non-hydrogen) atoms. The van der Waals surface area contributed by atoms with Crippen LogP contribution in [0.3, 0.4) is 0 Å². The summed E-state index contributed by atoms with van der Waals surface area (Å²) in [7, 11) is 4.25. The fourth-order valence-corrected chi connectivity index (χ4v) is 7.37. The third-order valence-corrected chi connectivity index (χ3v) is 10.3. The minimum Gasteiger partial charge on any atom is -0.368 e.